The first-order valence-corrected chi connectivity index (χ1v) is 12.6. The fourth-order valence-corrected chi connectivity index (χ4v) is 6.14. The number of anilines is 1. The normalized spacial score (nSPS) is 13.4. The number of para-hydroxylation sites is 2. The molecule has 5 rings (SSSR count). The molecule has 0 bridgehead atoms. The summed E-state index contributed by atoms with van der Waals surface area (Å²) < 4.78 is 6.94. The highest BCUT2D eigenvalue weighted by atomic mass is 32.2. The lowest BCUT2D eigenvalue weighted by Crippen LogP contribution is -2.29. The smallest absolute Gasteiger partial charge is 0.254 e. The van der Waals surface area contributed by atoms with Crippen LogP contribution < -0.4 is 10.6 Å². The number of carbonyl (C=O) groups excluding carboxylic acids is 2. The van der Waals surface area contributed by atoms with Crippen molar-refractivity contribution in [2.75, 3.05) is 31.3 Å². The number of nitrogens with zero attached hydrogens (tertiary/aromatic N) is 3. The third-order valence-electron chi connectivity index (χ3n) is 5.58. The first kappa shape index (κ1) is 21.9. The maximum absolute atomic E-state index is 12.9. The minimum Gasteiger partial charge on any atom is -0.383 e. The highest BCUT2D eigenvalue weighted by Crippen LogP contribution is 2.38. The monoisotopic (exact) mass is 484 g/mol. The Morgan fingerprint density at radius 2 is 2.12 bits per heavy atom. The number of methoxy groups -OCH3 is 1. The fourth-order valence-electron chi connectivity index (χ4n) is 4.08. The highest BCUT2D eigenvalue weighted by Gasteiger charge is 2.26. The van der Waals surface area contributed by atoms with E-state index in [0.717, 1.165) is 42.3 Å². The molecule has 0 saturated heterocycles. The van der Waals surface area contributed by atoms with E-state index < -0.39 is 0 Å². The summed E-state index contributed by atoms with van der Waals surface area (Å²) in [5.74, 6) is 0.471. The Bertz CT molecular complexity index is 1320. The zero-order chi connectivity index (χ0) is 22.8. The number of carbonyl (C=O) groups is 2. The summed E-state index contributed by atoms with van der Waals surface area (Å²) in [6.45, 7) is 0.870. The maximum atomic E-state index is 12.9. The molecule has 0 aliphatic heterocycles. The summed E-state index contributed by atoms with van der Waals surface area (Å²) in [7, 11) is 1.60. The summed E-state index contributed by atoms with van der Waals surface area (Å²) in [6.07, 6.45) is 3.97. The first-order chi connectivity index (χ1) is 16.2. The van der Waals surface area contributed by atoms with Gasteiger partial charge in [0.05, 0.1) is 29.0 Å². The Morgan fingerprint density at radius 3 is 3.00 bits per heavy atom. The molecule has 1 aromatic carbocycles. The molecular formula is C22H24N6O3S2. The second-order valence-corrected chi connectivity index (χ2v) is 9.81. The van der Waals surface area contributed by atoms with Crippen LogP contribution in [0.4, 0.5) is 5.00 Å². The molecule has 9 nitrogen and oxygen atoms in total. The number of benzene rings is 1. The lowest BCUT2D eigenvalue weighted by Gasteiger charge is -2.13. The molecule has 0 atom stereocenters. The molecule has 11 heteroatoms. The predicted molar refractivity (Wildman–Crippen MR) is 129 cm³/mol. The number of H-pyrrole nitrogens is 1. The summed E-state index contributed by atoms with van der Waals surface area (Å²) in [4.78, 5) is 31.5. The highest BCUT2D eigenvalue weighted by molar-refractivity contribution is 7.99. The summed E-state index contributed by atoms with van der Waals surface area (Å²) >= 11 is 2.84. The zero-order valence-electron chi connectivity index (χ0n) is 18.1. The number of aromatic nitrogens is 4. The topological polar surface area (TPSA) is 113 Å². The van der Waals surface area contributed by atoms with Crippen molar-refractivity contribution in [3.05, 3.63) is 40.3 Å². The lowest BCUT2D eigenvalue weighted by atomic mass is 9.95. The summed E-state index contributed by atoms with van der Waals surface area (Å²) in [6, 6.07) is 7.79. The van der Waals surface area contributed by atoms with Crippen LogP contribution in [0.25, 0.3) is 16.8 Å². The van der Waals surface area contributed by atoms with Crippen molar-refractivity contribution >= 4 is 56.7 Å². The van der Waals surface area contributed by atoms with Crippen LogP contribution in [0.5, 0.6) is 0 Å². The van der Waals surface area contributed by atoms with E-state index in [4.69, 9.17) is 4.74 Å². The van der Waals surface area contributed by atoms with Gasteiger partial charge in [-0.3, -0.25) is 14.0 Å². The number of thioether (sulfide) groups is 1. The van der Waals surface area contributed by atoms with Crippen LogP contribution in [-0.4, -0.2) is 57.4 Å². The molecule has 3 aromatic heterocycles. The largest absolute Gasteiger partial charge is 0.383 e. The van der Waals surface area contributed by atoms with Crippen LogP contribution in [0, 0.1) is 0 Å². The molecule has 3 heterocycles. The van der Waals surface area contributed by atoms with E-state index in [0.29, 0.717) is 34.7 Å². The molecule has 1 aliphatic rings. The number of hydrogen-bond acceptors (Lipinski definition) is 7. The van der Waals surface area contributed by atoms with E-state index in [2.05, 4.69) is 25.8 Å². The number of amides is 2. The Balaban J connectivity index is 1.32. The van der Waals surface area contributed by atoms with E-state index in [1.165, 1.54) is 28.0 Å². The van der Waals surface area contributed by atoms with Gasteiger partial charge in [0.2, 0.25) is 11.7 Å². The van der Waals surface area contributed by atoms with Crippen LogP contribution in [0.2, 0.25) is 0 Å². The number of aromatic amines is 1. The molecule has 0 fully saturated rings. The molecule has 0 radical (unpaired) electrons. The SMILES string of the molecule is COCCNC(=O)c1c(NC(=O)CSc2n[nH]c3nc4ccccc4n23)sc2c1CCCC2. The number of thiophene rings is 1. The van der Waals surface area contributed by atoms with Gasteiger partial charge in [-0.1, -0.05) is 23.9 Å². The second kappa shape index (κ2) is 9.54. The number of imidazole rings is 1. The van der Waals surface area contributed by atoms with Crippen LogP contribution >= 0.6 is 23.1 Å². The molecule has 0 spiro atoms. The third kappa shape index (κ3) is 4.35. The van der Waals surface area contributed by atoms with E-state index in [9.17, 15) is 9.59 Å². The van der Waals surface area contributed by atoms with Crippen LogP contribution in [0.15, 0.2) is 29.4 Å². The van der Waals surface area contributed by atoms with Gasteiger partial charge in [0.25, 0.3) is 5.91 Å². The van der Waals surface area contributed by atoms with E-state index in [1.54, 1.807) is 7.11 Å². The Kier molecular flexibility index (Phi) is 6.34. The average Bonchev–Trinajstić information content (AvgIpc) is 3.49. The van der Waals surface area contributed by atoms with Gasteiger partial charge < -0.3 is 15.4 Å². The van der Waals surface area contributed by atoms with Crippen LogP contribution in [-0.2, 0) is 22.4 Å². The van der Waals surface area contributed by atoms with Gasteiger partial charge in [-0.2, -0.15) is 0 Å². The van der Waals surface area contributed by atoms with Crippen molar-refractivity contribution in [2.24, 2.45) is 0 Å². The maximum Gasteiger partial charge on any atom is 0.254 e. The average molecular weight is 485 g/mol. The van der Waals surface area contributed by atoms with E-state index in [-0.39, 0.29) is 17.6 Å². The lowest BCUT2D eigenvalue weighted by molar-refractivity contribution is -0.113. The Morgan fingerprint density at radius 1 is 1.27 bits per heavy atom. The molecule has 172 valence electrons. The van der Waals surface area contributed by atoms with Gasteiger partial charge in [0.1, 0.15) is 5.00 Å². The quantitative estimate of drug-likeness (QED) is 0.261. The molecule has 0 saturated carbocycles. The number of rotatable bonds is 8. The second-order valence-electron chi connectivity index (χ2n) is 7.77. The fraction of sp³-hybridized carbons (Fsp3) is 0.364. The number of fused-ring (bicyclic) bond motifs is 4. The van der Waals surface area contributed by atoms with E-state index >= 15 is 0 Å². The van der Waals surface area contributed by atoms with Gasteiger partial charge in [-0.05, 0) is 43.4 Å². The molecule has 2 amide bonds. The molecule has 0 unspecified atom stereocenters. The zero-order valence-corrected chi connectivity index (χ0v) is 19.8. The molecule has 3 N–H and O–H groups in total. The standard InChI is InChI=1S/C22H24N6O3S2/c1-31-11-10-23-19(30)18-13-6-2-5-9-16(13)33-20(18)25-17(29)12-32-22-27-26-21-24-14-7-3-4-8-15(14)28(21)22/h3-4,7-8H,2,5-6,9-12H2,1H3,(H,23,30)(H,24,26)(H,25,29). The van der Waals surface area contributed by atoms with Gasteiger partial charge in [0, 0.05) is 18.5 Å². The number of hydrogen-bond donors (Lipinski definition) is 3. The molecular weight excluding hydrogens is 460 g/mol. The summed E-state index contributed by atoms with van der Waals surface area (Å²) in [5.41, 5.74) is 3.48. The first-order valence-electron chi connectivity index (χ1n) is 10.8. The van der Waals surface area contributed by atoms with Crippen molar-refractivity contribution in [3.63, 3.8) is 0 Å². The van der Waals surface area contributed by atoms with Crippen molar-refractivity contribution in [2.45, 2.75) is 30.8 Å². The van der Waals surface area contributed by atoms with Crippen LogP contribution in [0.3, 0.4) is 0 Å². The predicted octanol–water partition coefficient (Wildman–Crippen LogP) is 3.26. The summed E-state index contributed by atoms with van der Waals surface area (Å²) in [5, 5.41) is 14.4. The minimum atomic E-state index is -0.176. The number of ether oxygens (including phenoxy) is 1. The van der Waals surface area contributed by atoms with Gasteiger partial charge in [0.15, 0.2) is 5.16 Å². The number of aryl methyl sites for hydroxylation is 1. The minimum absolute atomic E-state index is 0.159. The van der Waals surface area contributed by atoms with Gasteiger partial charge >= 0.3 is 0 Å². The Hall–Kier alpha value is -2.89. The van der Waals surface area contributed by atoms with Crippen molar-refractivity contribution < 1.29 is 14.3 Å². The van der Waals surface area contributed by atoms with Crippen molar-refractivity contribution in [3.8, 4) is 0 Å². The van der Waals surface area contributed by atoms with Crippen molar-refractivity contribution in [1.82, 2.24) is 24.9 Å². The molecule has 33 heavy (non-hydrogen) atoms. The van der Waals surface area contributed by atoms with Crippen LogP contribution in [0.1, 0.15) is 33.6 Å². The van der Waals surface area contributed by atoms with Gasteiger partial charge in [-0.25, -0.2) is 10.1 Å². The Labute approximate surface area is 198 Å². The molecule has 4 aromatic rings. The molecule has 1 aliphatic carbocycles. The van der Waals surface area contributed by atoms with Crippen molar-refractivity contribution in [1.29, 1.82) is 0 Å². The van der Waals surface area contributed by atoms with E-state index in [1.807, 2.05) is 28.7 Å². The number of nitrogens with one attached hydrogen (secondary N) is 3. The third-order valence-corrected chi connectivity index (χ3v) is 7.72. The van der Waals surface area contributed by atoms with Gasteiger partial charge in [-0.15, -0.1) is 16.4 Å².